The number of ether oxygens (including phenoxy) is 1. The van der Waals surface area contributed by atoms with Gasteiger partial charge in [0.05, 0.1) is 7.11 Å². The molecule has 0 N–H and O–H groups in total. The van der Waals surface area contributed by atoms with E-state index in [0.29, 0.717) is 0 Å². The zero-order chi connectivity index (χ0) is 15.4. The maximum atomic E-state index is 12.6. The molecule has 1 fully saturated rings. The Morgan fingerprint density at radius 2 is 1.68 bits per heavy atom. The number of hydrogen-bond donors (Lipinski definition) is 0. The molecule has 1 aliphatic heterocycles. The Balaban J connectivity index is 1.83. The Morgan fingerprint density at radius 3 is 2.36 bits per heavy atom. The molecule has 0 atom stereocenters. The highest BCUT2D eigenvalue weighted by Crippen LogP contribution is 2.24. The number of likely N-dealkylation sites (tertiary alicyclic amines) is 1. The van der Waals surface area contributed by atoms with Crippen molar-refractivity contribution in [1.29, 1.82) is 0 Å². The molecule has 3 nitrogen and oxygen atoms in total. The first-order valence-electron chi connectivity index (χ1n) is 7.82. The molecule has 1 saturated heterocycles. The van der Waals surface area contributed by atoms with Crippen LogP contribution in [0.2, 0.25) is 0 Å². The van der Waals surface area contributed by atoms with Crippen LogP contribution in [0.4, 0.5) is 0 Å². The van der Waals surface area contributed by atoms with E-state index in [1.165, 1.54) is 6.42 Å². The van der Waals surface area contributed by atoms with Gasteiger partial charge in [0, 0.05) is 18.7 Å². The average Bonchev–Trinajstić information content (AvgIpc) is 2.62. The molecule has 0 bridgehead atoms. The molecule has 0 aliphatic carbocycles. The third-order valence-electron chi connectivity index (χ3n) is 4.18. The fourth-order valence-corrected chi connectivity index (χ4v) is 2.89. The van der Waals surface area contributed by atoms with Crippen molar-refractivity contribution in [3.63, 3.8) is 0 Å². The van der Waals surface area contributed by atoms with Gasteiger partial charge in [-0.3, -0.25) is 4.79 Å². The van der Waals surface area contributed by atoms with Crippen molar-refractivity contribution in [2.75, 3.05) is 20.2 Å². The molecule has 0 spiro atoms. The van der Waals surface area contributed by atoms with Crippen LogP contribution < -0.4 is 4.74 Å². The van der Waals surface area contributed by atoms with E-state index in [2.05, 4.69) is 0 Å². The number of benzene rings is 2. The van der Waals surface area contributed by atoms with Gasteiger partial charge in [0.15, 0.2) is 0 Å². The van der Waals surface area contributed by atoms with Crippen molar-refractivity contribution < 1.29 is 9.53 Å². The Hall–Kier alpha value is -2.29. The summed E-state index contributed by atoms with van der Waals surface area (Å²) in [7, 11) is 1.66. The lowest BCUT2D eigenvalue weighted by atomic mass is 10.0. The largest absolute Gasteiger partial charge is 0.497 e. The third-order valence-corrected chi connectivity index (χ3v) is 4.18. The van der Waals surface area contributed by atoms with Crippen molar-refractivity contribution >= 4 is 5.91 Å². The monoisotopic (exact) mass is 295 g/mol. The number of carbonyl (C=O) groups excluding carboxylic acids is 1. The smallest absolute Gasteiger partial charge is 0.253 e. The first-order chi connectivity index (χ1) is 10.8. The molecule has 0 unspecified atom stereocenters. The van der Waals surface area contributed by atoms with Crippen LogP contribution in [0.15, 0.2) is 48.5 Å². The number of amides is 1. The molecule has 0 radical (unpaired) electrons. The van der Waals surface area contributed by atoms with Crippen LogP contribution in [0.25, 0.3) is 11.1 Å². The van der Waals surface area contributed by atoms with Gasteiger partial charge < -0.3 is 9.64 Å². The number of piperidine rings is 1. The summed E-state index contributed by atoms with van der Waals surface area (Å²) in [5, 5.41) is 0. The SMILES string of the molecule is COc1ccc(-c2cccc(C(=O)N3CCCCC3)c2)cc1. The van der Waals surface area contributed by atoms with Gasteiger partial charge in [0.2, 0.25) is 0 Å². The van der Waals surface area contributed by atoms with Crippen LogP contribution in [0, 0.1) is 0 Å². The number of methoxy groups -OCH3 is 1. The maximum Gasteiger partial charge on any atom is 0.253 e. The summed E-state index contributed by atoms with van der Waals surface area (Å²) in [6.45, 7) is 1.76. The molecule has 1 heterocycles. The molecule has 0 aromatic heterocycles. The molecule has 22 heavy (non-hydrogen) atoms. The minimum Gasteiger partial charge on any atom is -0.497 e. The summed E-state index contributed by atoms with van der Waals surface area (Å²) < 4.78 is 5.19. The first-order valence-corrected chi connectivity index (χ1v) is 7.82. The fourth-order valence-electron chi connectivity index (χ4n) is 2.89. The summed E-state index contributed by atoms with van der Waals surface area (Å²) in [6.07, 6.45) is 3.46. The van der Waals surface area contributed by atoms with Crippen LogP contribution in [-0.4, -0.2) is 31.0 Å². The minimum absolute atomic E-state index is 0.148. The zero-order valence-electron chi connectivity index (χ0n) is 12.9. The van der Waals surface area contributed by atoms with Crippen molar-refractivity contribution in [2.45, 2.75) is 19.3 Å². The van der Waals surface area contributed by atoms with Gasteiger partial charge in [0.25, 0.3) is 5.91 Å². The van der Waals surface area contributed by atoms with E-state index >= 15 is 0 Å². The van der Waals surface area contributed by atoms with E-state index in [4.69, 9.17) is 4.74 Å². The van der Waals surface area contributed by atoms with Gasteiger partial charge in [0.1, 0.15) is 5.75 Å². The van der Waals surface area contributed by atoms with Crippen LogP contribution in [-0.2, 0) is 0 Å². The molecular formula is C19H21NO2. The first kappa shape index (κ1) is 14.6. The predicted octanol–water partition coefficient (Wildman–Crippen LogP) is 3.99. The van der Waals surface area contributed by atoms with E-state index < -0.39 is 0 Å². The topological polar surface area (TPSA) is 29.5 Å². The molecule has 1 aliphatic rings. The third kappa shape index (κ3) is 3.14. The quantitative estimate of drug-likeness (QED) is 0.857. The van der Waals surface area contributed by atoms with Crippen LogP contribution in [0.5, 0.6) is 5.75 Å². The molecule has 114 valence electrons. The van der Waals surface area contributed by atoms with Gasteiger partial charge in [-0.1, -0.05) is 24.3 Å². The number of hydrogen-bond acceptors (Lipinski definition) is 2. The maximum absolute atomic E-state index is 12.6. The van der Waals surface area contributed by atoms with Crippen molar-refractivity contribution in [1.82, 2.24) is 4.90 Å². The molecule has 1 amide bonds. The van der Waals surface area contributed by atoms with Gasteiger partial charge in [-0.05, 0) is 54.7 Å². The van der Waals surface area contributed by atoms with Gasteiger partial charge in [-0.15, -0.1) is 0 Å². The van der Waals surface area contributed by atoms with Crippen LogP contribution in [0.3, 0.4) is 0 Å². The average molecular weight is 295 g/mol. The highest BCUT2D eigenvalue weighted by Gasteiger charge is 2.18. The standard InChI is InChI=1S/C19H21NO2/c1-22-18-10-8-15(9-11-18)16-6-5-7-17(14-16)19(21)20-12-3-2-4-13-20/h5-11,14H,2-4,12-13H2,1H3. The van der Waals surface area contributed by atoms with Crippen molar-refractivity contribution in [2.24, 2.45) is 0 Å². The lowest BCUT2D eigenvalue weighted by molar-refractivity contribution is 0.0724. The van der Waals surface area contributed by atoms with E-state index in [-0.39, 0.29) is 5.91 Å². The fraction of sp³-hybridized carbons (Fsp3) is 0.316. The Bertz CT molecular complexity index is 643. The van der Waals surface area contributed by atoms with Gasteiger partial charge in [-0.25, -0.2) is 0 Å². The summed E-state index contributed by atoms with van der Waals surface area (Å²) >= 11 is 0. The van der Waals surface area contributed by atoms with Crippen molar-refractivity contribution in [3.05, 3.63) is 54.1 Å². The lowest BCUT2D eigenvalue weighted by Gasteiger charge is -2.26. The van der Waals surface area contributed by atoms with Crippen molar-refractivity contribution in [3.8, 4) is 16.9 Å². The zero-order valence-corrected chi connectivity index (χ0v) is 12.9. The second-order valence-corrected chi connectivity index (χ2v) is 5.66. The summed E-state index contributed by atoms with van der Waals surface area (Å²) in [5.41, 5.74) is 2.93. The second kappa shape index (κ2) is 6.65. The van der Waals surface area contributed by atoms with Gasteiger partial charge >= 0.3 is 0 Å². The molecule has 3 rings (SSSR count). The summed E-state index contributed by atoms with van der Waals surface area (Å²) in [6, 6.07) is 15.8. The second-order valence-electron chi connectivity index (χ2n) is 5.66. The van der Waals surface area contributed by atoms with Gasteiger partial charge in [-0.2, -0.15) is 0 Å². The molecule has 2 aromatic carbocycles. The van der Waals surface area contributed by atoms with E-state index in [1.54, 1.807) is 7.11 Å². The lowest BCUT2D eigenvalue weighted by Crippen LogP contribution is -2.35. The Kier molecular flexibility index (Phi) is 4.42. The Morgan fingerprint density at radius 1 is 0.955 bits per heavy atom. The Labute approximate surface area is 131 Å². The van der Waals surface area contributed by atoms with E-state index in [9.17, 15) is 4.79 Å². The summed E-state index contributed by atoms with van der Waals surface area (Å²) in [5.74, 6) is 0.986. The number of nitrogens with zero attached hydrogens (tertiary/aromatic N) is 1. The molecule has 3 heteroatoms. The van der Waals surface area contributed by atoms with E-state index in [0.717, 1.165) is 48.4 Å². The summed E-state index contributed by atoms with van der Waals surface area (Å²) in [4.78, 5) is 14.6. The molecular weight excluding hydrogens is 274 g/mol. The van der Waals surface area contributed by atoms with Crippen LogP contribution in [0.1, 0.15) is 29.6 Å². The molecule has 0 saturated carbocycles. The number of rotatable bonds is 3. The van der Waals surface area contributed by atoms with E-state index in [1.807, 2.05) is 53.4 Å². The van der Waals surface area contributed by atoms with Crippen LogP contribution >= 0.6 is 0 Å². The minimum atomic E-state index is 0.148. The predicted molar refractivity (Wildman–Crippen MR) is 88.2 cm³/mol. The highest BCUT2D eigenvalue weighted by atomic mass is 16.5. The number of carbonyl (C=O) groups is 1. The molecule has 2 aromatic rings. The highest BCUT2D eigenvalue weighted by molar-refractivity contribution is 5.95. The normalized spacial score (nSPS) is 14.7.